The molecule has 0 amide bonds. The first kappa shape index (κ1) is 14.2. The molecule has 1 aromatic rings. The minimum atomic E-state index is -0.291. The maximum Gasteiger partial charge on any atom is 0.338 e. The highest BCUT2D eigenvalue weighted by Crippen LogP contribution is 2.17. The quantitative estimate of drug-likeness (QED) is 0.836. The Kier molecular flexibility index (Phi) is 5.54. The molecule has 1 aromatic carbocycles. The maximum atomic E-state index is 11.5. The van der Waals surface area contributed by atoms with Crippen molar-refractivity contribution < 1.29 is 14.3 Å². The molecule has 0 aromatic heterocycles. The van der Waals surface area contributed by atoms with Crippen molar-refractivity contribution >= 4 is 17.7 Å². The van der Waals surface area contributed by atoms with E-state index in [9.17, 15) is 4.79 Å². The van der Waals surface area contributed by atoms with Crippen LogP contribution in [0, 0.1) is 0 Å². The van der Waals surface area contributed by atoms with Crippen molar-refractivity contribution in [2.24, 2.45) is 0 Å². The van der Waals surface area contributed by atoms with Crippen molar-refractivity contribution in [2.75, 3.05) is 32.1 Å². The normalized spacial score (nSPS) is 18.9. The van der Waals surface area contributed by atoms with Crippen LogP contribution < -0.4 is 10.1 Å². The van der Waals surface area contributed by atoms with Crippen molar-refractivity contribution in [1.29, 1.82) is 0 Å². The summed E-state index contributed by atoms with van der Waals surface area (Å²) in [5, 5.41) is 3.85. The second-order valence-corrected chi connectivity index (χ2v) is 5.66. The van der Waals surface area contributed by atoms with E-state index < -0.39 is 0 Å². The fourth-order valence-corrected chi connectivity index (χ4v) is 2.81. The van der Waals surface area contributed by atoms with Gasteiger partial charge in [0.25, 0.3) is 0 Å². The number of benzene rings is 1. The molecule has 0 saturated carbocycles. The molecule has 19 heavy (non-hydrogen) atoms. The molecule has 104 valence electrons. The van der Waals surface area contributed by atoms with Crippen LogP contribution in [0.15, 0.2) is 24.3 Å². The van der Waals surface area contributed by atoms with Crippen molar-refractivity contribution in [3.05, 3.63) is 29.8 Å². The molecule has 1 N–H and O–H groups in total. The standard InChI is InChI=1S/C14H19NO3S/c1-2-17-14(16)11-3-5-12(6-4-11)18-10-13-9-15-7-8-19-13/h3-6,13,15H,2,7-10H2,1H3. The lowest BCUT2D eigenvalue weighted by atomic mass is 10.2. The summed E-state index contributed by atoms with van der Waals surface area (Å²) in [6, 6.07) is 7.10. The van der Waals surface area contributed by atoms with Gasteiger partial charge in [-0.1, -0.05) is 0 Å². The summed E-state index contributed by atoms with van der Waals surface area (Å²) >= 11 is 1.94. The summed E-state index contributed by atoms with van der Waals surface area (Å²) in [6.45, 7) is 4.95. The molecule has 0 bridgehead atoms. The van der Waals surface area contributed by atoms with Crippen LogP contribution in [0.4, 0.5) is 0 Å². The summed E-state index contributed by atoms with van der Waals surface area (Å²) in [7, 11) is 0. The highest BCUT2D eigenvalue weighted by Gasteiger charge is 2.14. The Bertz CT molecular complexity index is 402. The maximum absolute atomic E-state index is 11.5. The Balaban J connectivity index is 1.82. The van der Waals surface area contributed by atoms with Gasteiger partial charge in [0, 0.05) is 18.8 Å². The number of esters is 1. The molecule has 0 radical (unpaired) electrons. The van der Waals surface area contributed by atoms with E-state index in [4.69, 9.17) is 9.47 Å². The fourth-order valence-electron chi connectivity index (χ4n) is 1.82. The van der Waals surface area contributed by atoms with Gasteiger partial charge in [-0.2, -0.15) is 11.8 Å². The van der Waals surface area contributed by atoms with Crippen LogP contribution in [-0.2, 0) is 4.74 Å². The monoisotopic (exact) mass is 281 g/mol. The molecule has 0 spiro atoms. The third-order valence-electron chi connectivity index (χ3n) is 2.81. The lowest BCUT2D eigenvalue weighted by Crippen LogP contribution is -2.36. The van der Waals surface area contributed by atoms with E-state index in [2.05, 4.69) is 5.32 Å². The predicted molar refractivity (Wildman–Crippen MR) is 77.0 cm³/mol. The zero-order valence-corrected chi connectivity index (χ0v) is 11.9. The van der Waals surface area contributed by atoms with E-state index >= 15 is 0 Å². The smallest absolute Gasteiger partial charge is 0.338 e. The Hall–Kier alpha value is -1.20. The third kappa shape index (κ3) is 4.44. The summed E-state index contributed by atoms with van der Waals surface area (Å²) < 4.78 is 10.7. The van der Waals surface area contributed by atoms with Gasteiger partial charge in [-0.05, 0) is 31.2 Å². The van der Waals surface area contributed by atoms with Gasteiger partial charge in [0.05, 0.1) is 17.4 Å². The largest absolute Gasteiger partial charge is 0.492 e. The van der Waals surface area contributed by atoms with E-state index in [-0.39, 0.29) is 5.97 Å². The second kappa shape index (κ2) is 7.40. The number of hydrogen-bond acceptors (Lipinski definition) is 5. The number of thioether (sulfide) groups is 1. The van der Waals surface area contributed by atoms with Gasteiger partial charge in [-0.3, -0.25) is 0 Å². The zero-order valence-electron chi connectivity index (χ0n) is 11.1. The number of nitrogens with one attached hydrogen (secondary N) is 1. The van der Waals surface area contributed by atoms with Crippen LogP contribution in [0.3, 0.4) is 0 Å². The summed E-state index contributed by atoms with van der Waals surface area (Å²) in [5.41, 5.74) is 0.558. The first-order valence-electron chi connectivity index (χ1n) is 6.52. The molecule has 1 aliphatic rings. The van der Waals surface area contributed by atoms with Gasteiger partial charge in [-0.15, -0.1) is 0 Å². The van der Waals surface area contributed by atoms with Crippen LogP contribution in [-0.4, -0.2) is 43.3 Å². The molecule has 1 fully saturated rings. The van der Waals surface area contributed by atoms with E-state index in [1.807, 2.05) is 23.9 Å². The Morgan fingerprint density at radius 2 is 2.21 bits per heavy atom. The number of hydrogen-bond donors (Lipinski definition) is 1. The van der Waals surface area contributed by atoms with Crippen LogP contribution in [0.1, 0.15) is 17.3 Å². The van der Waals surface area contributed by atoms with E-state index in [0.717, 1.165) is 24.6 Å². The average molecular weight is 281 g/mol. The van der Waals surface area contributed by atoms with Crippen molar-refractivity contribution in [3.8, 4) is 5.75 Å². The van der Waals surface area contributed by atoms with Crippen molar-refractivity contribution in [3.63, 3.8) is 0 Å². The molecule has 1 unspecified atom stereocenters. The lowest BCUT2D eigenvalue weighted by molar-refractivity contribution is 0.0526. The fraction of sp³-hybridized carbons (Fsp3) is 0.500. The molecule has 5 heteroatoms. The van der Waals surface area contributed by atoms with Crippen LogP contribution in [0.5, 0.6) is 5.75 Å². The highest BCUT2D eigenvalue weighted by atomic mass is 32.2. The first-order valence-corrected chi connectivity index (χ1v) is 7.56. The van der Waals surface area contributed by atoms with Crippen molar-refractivity contribution in [2.45, 2.75) is 12.2 Å². The Morgan fingerprint density at radius 1 is 1.42 bits per heavy atom. The molecule has 0 aliphatic carbocycles. The molecule has 4 nitrogen and oxygen atoms in total. The number of carbonyl (C=O) groups is 1. The molecule has 1 aliphatic heterocycles. The van der Waals surface area contributed by atoms with Crippen LogP contribution in [0.25, 0.3) is 0 Å². The topological polar surface area (TPSA) is 47.6 Å². The molecule has 1 heterocycles. The number of carbonyl (C=O) groups excluding carboxylic acids is 1. The summed E-state index contributed by atoms with van der Waals surface area (Å²) in [4.78, 5) is 11.5. The molecule has 1 atom stereocenters. The van der Waals surface area contributed by atoms with Crippen LogP contribution in [0.2, 0.25) is 0 Å². The second-order valence-electron chi connectivity index (χ2n) is 4.25. The number of rotatable bonds is 5. The predicted octanol–water partition coefficient (Wildman–Crippen LogP) is 1.95. The summed E-state index contributed by atoms with van der Waals surface area (Å²) in [6.07, 6.45) is 0. The van der Waals surface area contributed by atoms with Gasteiger partial charge in [-0.25, -0.2) is 4.79 Å². The highest BCUT2D eigenvalue weighted by molar-refractivity contribution is 8.00. The van der Waals surface area contributed by atoms with E-state index in [0.29, 0.717) is 24.0 Å². The van der Waals surface area contributed by atoms with E-state index in [1.165, 1.54) is 0 Å². The third-order valence-corrected chi connectivity index (χ3v) is 4.02. The van der Waals surface area contributed by atoms with Gasteiger partial charge in [0.2, 0.25) is 0 Å². The summed E-state index contributed by atoms with van der Waals surface area (Å²) in [5.74, 6) is 1.64. The van der Waals surface area contributed by atoms with Gasteiger partial charge < -0.3 is 14.8 Å². The first-order chi connectivity index (χ1) is 9.29. The Labute approximate surface area is 117 Å². The zero-order chi connectivity index (χ0) is 13.5. The SMILES string of the molecule is CCOC(=O)c1ccc(OCC2CNCCS2)cc1. The lowest BCUT2D eigenvalue weighted by Gasteiger charge is -2.22. The minimum Gasteiger partial charge on any atom is -0.492 e. The van der Waals surface area contributed by atoms with E-state index in [1.54, 1.807) is 19.1 Å². The average Bonchev–Trinajstić information content (AvgIpc) is 2.47. The molecular weight excluding hydrogens is 262 g/mol. The van der Waals surface area contributed by atoms with Gasteiger partial charge >= 0.3 is 5.97 Å². The Morgan fingerprint density at radius 3 is 2.84 bits per heavy atom. The molecular formula is C14H19NO3S. The molecule has 2 rings (SSSR count). The minimum absolute atomic E-state index is 0.291. The number of ether oxygens (including phenoxy) is 2. The molecule has 1 saturated heterocycles. The van der Waals surface area contributed by atoms with Gasteiger partial charge in [0.15, 0.2) is 0 Å². The van der Waals surface area contributed by atoms with Crippen LogP contribution >= 0.6 is 11.8 Å². The van der Waals surface area contributed by atoms with Gasteiger partial charge in [0.1, 0.15) is 12.4 Å². The van der Waals surface area contributed by atoms with Crippen molar-refractivity contribution in [1.82, 2.24) is 5.32 Å².